The Morgan fingerprint density at radius 1 is 0.902 bits per heavy atom. The van der Waals surface area contributed by atoms with Gasteiger partial charge >= 0.3 is 10.1 Å². The largest absolute Gasteiger partial charge is 0.379 e. The van der Waals surface area contributed by atoms with E-state index in [9.17, 15) is 27.6 Å². The van der Waals surface area contributed by atoms with Crippen molar-refractivity contribution in [2.24, 2.45) is 11.8 Å². The van der Waals surface area contributed by atoms with E-state index in [-0.39, 0.29) is 26.8 Å². The maximum Gasteiger partial charge on any atom is 0.339 e. The Hall–Kier alpha value is -4.02. The molecule has 1 aliphatic carbocycles. The number of amides is 3. The lowest BCUT2D eigenvalue weighted by Crippen LogP contribution is -2.52. The van der Waals surface area contributed by atoms with E-state index >= 15 is 0 Å². The molecule has 2 fully saturated rings. The van der Waals surface area contributed by atoms with Crippen LogP contribution < -0.4 is 4.18 Å². The van der Waals surface area contributed by atoms with Gasteiger partial charge in [0.25, 0.3) is 17.7 Å². The van der Waals surface area contributed by atoms with Crippen LogP contribution in [0.1, 0.15) is 52.0 Å². The maximum atomic E-state index is 13.6. The van der Waals surface area contributed by atoms with Crippen LogP contribution in [0.4, 0.5) is 0 Å². The molecule has 0 unspecified atom stereocenters. The fraction of sp³-hybridized carbons (Fsp3) is 0.267. The molecule has 41 heavy (non-hydrogen) atoms. The number of Topliss-reactive ketones (excluding diaryl/α,β-unsaturated/α-hetero) is 1. The van der Waals surface area contributed by atoms with Crippen molar-refractivity contribution in [1.82, 2.24) is 10.0 Å². The molecule has 3 aromatic carbocycles. The van der Waals surface area contributed by atoms with Crippen molar-refractivity contribution in [3.63, 3.8) is 0 Å². The molecule has 0 N–H and O–H groups in total. The van der Waals surface area contributed by atoms with Gasteiger partial charge in [-0.3, -0.25) is 19.2 Å². The molecule has 0 spiro atoms. The number of halogens is 1. The molecule has 2 atom stereocenters. The van der Waals surface area contributed by atoms with Crippen LogP contribution in [0.15, 0.2) is 77.7 Å². The normalized spacial score (nSPS) is 18.6. The number of carbonyl (C=O) groups is 4. The molecule has 1 saturated carbocycles. The Kier molecular flexibility index (Phi) is 7.97. The number of ketones is 1. The van der Waals surface area contributed by atoms with Gasteiger partial charge in [0.2, 0.25) is 0 Å². The highest BCUT2D eigenvalue weighted by molar-refractivity contribution is 7.87. The van der Waals surface area contributed by atoms with Gasteiger partial charge < -0.3 is 4.18 Å². The number of hydrazine groups is 1. The molecular weight excluding hydrogens is 568 g/mol. The van der Waals surface area contributed by atoms with E-state index in [1.165, 1.54) is 48.5 Å². The molecule has 1 heterocycles. The summed E-state index contributed by atoms with van der Waals surface area (Å²) in [6, 6.07) is 17.7. The zero-order valence-corrected chi connectivity index (χ0v) is 23.7. The standard InChI is InChI=1S/C30H27ClN2O7S/c1-19-10-16-22(17-11-19)41(38,39)40-21-14-12-20(13-15-21)27(34)18-32(28(35)25-8-4-5-9-26(25)31)33-29(36)23-6-2-3-7-24(23)30(33)37/h4-5,8-17,23-24H,2-3,6-7,18H2,1H3/t23-,24+. The molecular formula is C30H27ClN2O7S. The minimum atomic E-state index is -4.09. The Bertz CT molecular complexity index is 1600. The van der Waals surface area contributed by atoms with Gasteiger partial charge in [0.15, 0.2) is 5.78 Å². The second-order valence-corrected chi connectivity index (χ2v) is 12.1. The van der Waals surface area contributed by atoms with Gasteiger partial charge in [-0.15, -0.1) is 0 Å². The highest BCUT2D eigenvalue weighted by atomic mass is 35.5. The molecule has 0 radical (unpaired) electrons. The van der Waals surface area contributed by atoms with E-state index in [2.05, 4.69) is 0 Å². The molecule has 3 amide bonds. The molecule has 11 heteroatoms. The van der Waals surface area contributed by atoms with Crippen molar-refractivity contribution >= 4 is 45.2 Å². The number of nitrogens with zero attached hydrogens (tertiary/aromatic N) is 2. The zero-order chi connectivity index (χ0) is 29.3. The number of aryl methyl sites for hydroxylation is 1. The SMILES string of the molecule is Cc1ccc(S(=O)(=O)Oc2ccc(C(=O)CN(C(=O)c3ccccc3Cl)N3C(=O)[C@H]4CCCC[C@H]4C3=O)cc2)cc1. The third-order valence-electron chi connectivity index (χ3n) is 7.38. The first kappa shape index (κ1) is 28.5. The number of hydrogen-bond donors (Lipinski definition) is 0. The van der Waals surface area contributed by atoms with Gasteiger partial charge in [-0.05, 0) is 68.3 Å². The summed E-state index contributed by atoms with van der Waals surface area (Å²) < 4.78 is 30.4. The molecule has 1 saturated heterocycles. The molecule has 0 bridgehead atoms. The Balaban J connectivity index is 1.39. The predicted molar refractivity (Wildman–Crippen MR) is 150 cm³/mol. The van der Waals surface area contributed by atoms with Gasteiger partial charge in [-0.2, -0.15) is 13.4 Å². The number of hydrogen-bond acceptors (Lipinski definition) is 7. The van der Waals surface area contributed by atoms with Gasteiger partial charge in [0.05, 0.1) is 22.4 Å². The van der Waals surface area contributed by atoms with Crippen molar-refractivity contribution in [3.05, 3.63) is 94.5 Å². The molecule has 212 valence electrons. The number of benzene rings is 3. The number of imide groups is 1. The summed E-state index contributed by atoms with van der Waals surface area (Å²) in [7, 11) is -4.09. The number of fused-ring (bicyclic) bond motifs is 1. The van der Waals surface area contributed by atoms with Crippen LogP contribution in [0, 0.1) is 18.8 Å². The second-order valence-electron chi connectivity index (χ2n) is 10.1. The third kappa shape index (κ3) is 5.75. The summed E-state index contributed by atoms with van der Waals surface area (Å²) in [5.41, 5.74) is 1.06. The molecule has 3 aromatic rings. The highest BCUT2D eigenvalue weighted by Gasteiger charge is 2.52. The van der Waals surface area contributed by atoms with Crippen LogP contribution >= 0.6 is 11.6 Å². The van der Waals surface area contributed by atoms with Crippen molar-refractivity contribution < 1.29 is 31.8 Å². The molecule has 5 rings (SSSR count). The van der Waals surface area contributed by atoms with Crippen LogP contribution in [0.25, 0.3) is 0 Å². The summed E-state index contributed by atoms with van der Waals surface area (Å²) in [4.78, 5) is 53.7. The predicted octanol–water partition coefficient (Wildman–Crippen LogP) is 4.83. The zero-order valence-electron chi connectivity index (χ0n) is 22.2. The molecule has 0 aromatic heterocycles. The van der Waals surface area contributed by atoms with Crippen LogP contribution in [-0.2, 0) is 19.7 Å². The Morgan fingerprint density at radius 3 is 2.07 bits per heavy atom. The summed E-state index contributed by atoms with van der Waals surface area (Å²) in [5, 5.41) is 1.80. The summed E-state index contributed by atoms with van der Waals surface area (Å²) in [5.74, 6) is -3.40. The molecule has 9 nitrogen and oxygen atoms in total. The van der Waals surface area contributed by atoms with E-state index in [0.29, 0.717) is 12.8 Å². The van der Waals surface area contributed by atoms with Gasteiger partial charge in [-0.25, -0.2) is 5.01 Å². The van der Waals surface area contributed by atoms with Gasteiger partial charge in [-0.1, -0.05) is 54.3 Å². The monoisotopic (exact) mass is 594 g/mol. The Labute approximate surface area is 242 Å². The summed E-state index contributed by atoms with van der Waals surface area (Å²) in [6.07, 6.45) is 2.69. The highest BCUT2D eigenvalue weighted by Crippen LogP contribution is 2.39. The average molecular weight is 595 g/mol. The van der Waals surface area contributed by atoms with Crippen LogP contribution in [-0.4, -0.2) is 48.5 Å². The van der Waals surface area contributed by atoms with Gasteiger partial charge in [0, 0.05) is 5.56 Å². The first-order valence-electron chi connectivity index (χ1n) is 13.2. The van der Waals surface area contributed by atoms with Crippen molar-refractivity contribution in [2.75, 3.05) is 6.54 Å². The van der Waals surface area contributed by atoms with Crippen molar-refractivity contribution in [3.8, 4) is 5.75 Å². The van der Waals surface area contributed by atoms with Gasteiger partial charge in [0.1, 0.15) is 17.2 Å². The summed E-state index contributed by atoms with van der Waals surface area (Å²) in [6.45, 7) is 1.22. The minimum Gasteiger partial charge on any atom is -0.379 e. The van der Waals surface area contributed by atoms with Crippen molar-refractivity contribution in [1.29, 1.82) is 0 Å². The number of rotatable bonds is 8. The van der Waals surface area contributed by atoms with E-state index < -0.39 is 52.0 Å². The lowest BCUT2D eigenvalue weighted by Gasteiger charge is -2.30. The lowest BCUT2D eigenvalue weighted by atomic mass is 9.81. The Morgan fingerprint density at radius 2 is 1.49 bits per heavy atom. The topological polar surface area (TPSA) is 118 Å². The maximum absolute atomic E-state index is 13.6. The first-order chi connectivity index (χ1) is 19.6. The van der Waals surface area contributed by atoms with Crippen LogP contribution in [0.5, 0.6) is 5.75 Å². The minimum absolute atomic E-state index is 0.0138. The molecule has 2 aliphatic rings. The van der Waals surface area contributed by atoms with Crippen LogP contribution in [0.2, 0.25) is 5.02 Å². The van der Waals surface area contributed by atoms with Crippen LogP contribution in [0.3, 0.4) is 0 Å². The average Bonchev–Trinajstić information content (AvgIpc) is 3.21. The quantitative estimate of drug-likeness (QED) is 0.208. The summed E-state index contributed by atoms with van der Waals surface area (Å²) >= 11 is 6.26. The lowest BCUT2D eigenvalue weighted by molar-refractivity contribution is -0.154. The van der Waals surface area contributed by atoms with E-state index in [1.54, 1.807) is 24.3 Å². The fourth-order valence-electron chi connectivity index (χ4n) is 5.19. The molecule has 1 aliphatic heterocycles. The van der Waals surface area contributed by atoms with E-state index in [4.69, 9.17) is 15.8 Å². The first-order valence-corrected chi connectivity index (χ1v) is 14.9. The second kappa shape index (κ2) is 11.5. The smallest absolute Gasteiger partial charge is 0.339 e. The van der Waals surface area contributed by atoms with E-state index in [1.807, 2.05) is 6.92 Å². The van der Waals surface area contributed by atoms with E-state index in [0.717, 1.165) is 28.4 Å². The fourth-order valence-corrected chi connectivity index (χ4v) is 6.34. The van der Waals surface area contributed by atoms with Crippen molar-refractivity contribution in [2.45, 2.75) is 37.5 Å². The number of carbonyl (C=O) groups excluding carboxylic acids is 4. The third-order valence-corrected chi connectivity index (χ3v) is 8.97.